The zero-order valence-corrected chi connectivity index (χ0v) is 13.6. The van der Waals surface area contributed by atoms with Gasteiger partial charge < -0.3 is 10.1 Å². The van der Waals surface area contributed by atoms with E-state index in [0.29, 0.717) is 6.04 Å². The first-order chi connectivity index (χ1) is 9.24. The number of aryl methyl sites for hydroxylation is 1. The van der Waals surface area contributed by atoms with Gasteiger partial charge in [0.1, 0.15) is 5.75 Å². The first-order valence-corrected chi connectivity index (χ1v) is 8.15. The van der Waals surface area contributed by atoms with Crippen molar-refractivity contribution in [3.63, 3.8) is 0 Å². The molecule has 0 spiro atoms. The van der Waals surface area contributed by atoms with Crippen LogP contribution in [-0.4, -0.2) is 19.7 Å². The Morgan fingerprint density at radius 2 is 2.21 bits per heavy atom. The minimum atomic E-state index is 0.658. The lowest BCUT2D eigenvalue weighted by Crippen LogP contribution is -2.24. The number of halogens is 1. The van der Waals surface area contributed by atoms with Crippen molar-refractivity contribution in [1.29, 1.82) is 0 Å². The molecule has 2 rings (SSSR count). The van der Waals surface area contributed by atoms with Gasteiger partial charge in [-0.2, -0.15) is 0 Å². The fraction of sp³-hybridized carbons (Fsp3) is 0.625. The summed E-state index contributed by atoms with van der Waals surface area (Å²) in [5.41, 5.74) is 2.73. The van der Waals surface area contributed by atoms with Crippen molar-refractivity contribution < 1.29 is 4.74 Å². The predicted molar refractivity (Wildman–Crippen MR) is 84.0 cm³/mol. The molecule has 0 bridgehead atoms. The Morgan fingerprint density at radius 3 is 2.95 bits per heavy atom. The molecule has 0 aliphatic carbocycles. The number of benzene rings is 1. The van der Waals surface area contributed by atoms with E-state index in [-0.39, 0.29) is 0 Å². The normalized spacial score (nSPS) is 15.1. The Hall–Kier alpha value is -0.540. The first-order valence-electron chi connectivity index (χ1n) is 7.36. The van der Waals surface area contributed by atoms with Crippen LogP contribution in [0.15, 0.2) is 16.6 Å². The van der Waals surface area contributed by atoms with Crippen LogP contribution in [-0.2, 0) is 12.8 Å². The molecule has 1 aliphatic heterocycles. The summed E-state index contributed by atoms with van der Waals surface area (Å²) in [6, 6.07) is 5.07. The van der Waals surface area contributed by atoms with E-state index < -0.39 is 0 Å². The highest BCUT2D eigenvalue weighted by atomic mass is 79.9. The lowest BCUT2D eigenvalue weighted by molar-refractivity contribution is 0.352. The Morgan fingerprint density at radius 1 is 1.37 bits per heavy atom. The quantitative estimate of drug-likeness (QED) is 0.815. The van der Waals surface area contributed by atoms with E-state index in [2.05, 4.69) is 47.4 Å². The highest BCUT2D eigenvalue weighted by Gasteiger charge is 2.17. The third kappa shape index (κ3) is 3.96. The fourth-order valence-corrected chi connectivity index (χ4v) is 3.40. The molecule has 0 amide bonds. The highest BCUT2D eigenvalue weighted by Crippen LogP contribution is 2.33. The molecular formula is C16H24BrNO. The van der Waals surface area contributed by atoms with Crippen LogP contribution in [0.4, 0.5) is 0 Å². The summed E-state index contributed by atoms with van der Waals surface area (Å²) < 4.78 is 6.97. The second kappa shape index (κ2) is 7.30. The van der Waals surface area contributed by atoms with Crippen molar-refractivity contribution in [2.75, 3.05) is 13.7 Å². The minimum absolute atomic E-state index is 0.658. The molecule has 19 heavy (non-hydrogen) atoms. The van der Waals surface area contributed by atoms with E-state index in [1.165, 1.54) is 41.3 Å². The van der Waals surface area contributed by atoms with E-state index >= 15 is 0 Å². The van der Waals surface area contributed by atoms with Gasteiger partial charge in [-0.1, -0.05) is 29.3 Å². The number of hydrogen-bond acceptors (Lipinski definition) is 2. The summed E-state index contributed by atoms with van der Waals surface area (Å²) in [4.78, 5) is 0. The first kappa shape index (κ1) is 14.9. The molecule has 0 fully saturated rings. The molecule has 0 radical (unpaired) electrons. The van der Waals surface area contributed by atoms with Gasteiger partial charge in [-0.15, -0.1) is 0 Å². The van der Waals surface area contributed by atoms with Gasteiger partial charge >= 0.3 is 0 Å². The van der Waals surface area contributed by atoms with Crippen molar-refractivity contribution >= 4 is 15.9 Å². The third-order valence-corrected chi connectivity index (χ3v) is 4.33. The maximum atomic E-state index is 5.78. The maximum absolute atomic E-state index is 5.78. The van der Waals surface area contributed by atoms with E-state index in [0.717, 1.165) is 25.2 Å². The molecule has 2 nitrogen and oxygen atoms in total. The van der Waals surface area contributed by atoms with Gasteiger partial charge in [0.2, 0.25) is 0 Å². The van der Waals surface area contributed by atoms with Gasteiger partial charge in [0.25, 0.3) is 0 Å². The smallest absolute Gasteiger partial charge is 0.125 e. The number of fused-ring (bicyclic) bond motifs is 1. The standard InChI is InChI=1S/C16H24BrNO/c1-3-5-15(18-2)7-4-6-12-10-14(17)11-13-8-9-19-16(12)13/h10-11,15,18H,3-9H2,1-2H3. The Labute approximate surface area is 125 Å². The molecule has 1 atom stereocenters. The summed E-state index contributed by atoms with van der Waals surface area (Å²) in [5, 5.41) is 3.41. The van der Waals surface area contributed by atoms with Crippen molar-refractivity contribution in [1.82, 2.24) is 5.32 Å². The maximum Gasteiger partial charge on any atom is 0.125 e. The average molecular weight is 326 g/mol. The van der Waals surface area contributed by atoms with Gasteiger partial charge in [-0.05, 0) is 56.0 Å². The number of nitrogens with one attached hydrogen (secondary N) is 1. The zero-order chi connectivity index (χ0) is 13.7. The van der Waals surface area contributed by atoms with Gasteiger partial charge in [-0.3, -0.25) is 0 Å². The highest BCUT2D eigenvalue weighted by molar-refractivity contribution is 9.10. The van der Waals surface area contributed by atoms with Crippen molar-refractivity contribution in [3.05, 3.63) is 27.7 Å². The van der Waals surface area contributed by atoms with E-state index in [9.17, 15) is 0 Å². The number of ether oxygens (including phenoxy) is 1. The summed E-state index contributed by atoms with van der Waals surface area (Å²) in [7, 11) is 2.07. The number of rotatable bonds is 7. The molecule has 3 heteroatoms. The summed E-state index contributed by atoms with van der Waals surface area (Å²) in [5.74, 6) is 1.15. The van der Waals surface area contributed by atoms with Crippen molar-refractivity contribution in [2.45, 2.75) is 51.5 Å². The molecule has 0 saturated heterocycles. The van der Waals surface area contributed by atoms with Crippen LogP contribution in [0.5, 0.6) is 5.75 Å². The molecule has 1 N–H and O–H groups in total. The lowest BCUT2D eigenvalue weighted by atomic mass is 10.00. The topological polar surface area (TPSA) is 21.3 Å². The van der Waals surface area contributed by atoms with Crippen LogP contribution in [0.25, 0.3) is 0 Å². The summed E-state index contributed by atoms with van der Waals surface area (Å²) >= 11 is 3.61. The molecule has 1 heterocycles. The van der Waals surface area contributed by atoms with Gasteiger partial charge in [0, 0.05) is 16.9 Å². The van der Waals surface area contributed by atoms with Crippen molar-refractivity contribution in [3.8, 4) is 5.75 Å². The van der Waals surface area contributed by atoms with E-state index in [4.69, 9.17) is 4.74 Å². The molecule has 0 aromatic heterocycles. The van der Waals surface area contributed by atoms with Crippen LogP contribution in [0.1, 0.15) is 43.7 Å². The monoisotopic (exact) mass is 325 g/mol. The molecule has 1 aliphatic rings. The van der Waals surface area contributed by atoms with Gasteiger partial charge in [-0.25, -0.2) is 0 Å². The second-order valence-electron chi connectivity index (χ2n) is 5.32. The SMILES string of the molecule is CCCC(CCCc1cc(Br)cc2c1OCC2)NC. The Balaban J connectivity index is 1.93. The van der Waals surface area contributed by atoms with E-state index in [1.807, 2.05) is 0 Å². The van der Waals surface area contributed by atoms with Crippen LogP contribution in [0.2, 0.25) is 0 Å². The molecule has 106 valence electrons. The largest absolute Gasteiger partial charge is 0.493 e. The fourth-order valence-electron chi connectivity index (χ4n) is 2.85. The molecule has 1 unspecified atom stereocenters. The van der Waals surface area contributed by atoms with Crippen LogP contribution in [0.3, 0.4) is 0 Å². The zero-order valence-electron chi connectivity index (χ0n) is 12.0. The molecule has 1 aromatic carbocycles. The Bertz CT molecular complexity index is 419. The third-order valence-electron chi connectivity index (χ3n) is 3.87. The van der Waals surface area contributed by atoms with E-state index in [1.54, 1.807) is 0 Å². The second-order valence-corrected chi connectivity index (χ2v) is 6.23. The van der Waals surface area contributed by atoms with Crippen LogP contribution in [0, 0.1) is 0 Å². The molecule has 0 saturated carbocycles. The minimum Gasteiger partial charge on any atom is -0.493 e. The predicted octanol–water partition coefficient (Wildman–Crippen LogP) is 4.09. The summed E-state index contributed by atoms with van der Waals surface area (Å²) in [6.07, 6.45) is 7.15. The summed E-state index contributed by atoms with van der Waals surface area (Å²) in [6.45, 7) is 3.09. The van der Waals surface area contributed by atoms with Crippen LogP contribution < -0.4 is 10.1 Å². The lowest BCUT2D eigenvalue weighted by Gasteiger charge is -2.15. The molecule has 1 aromatic rings. The molecular weight excluding hydrogens is 302 g/mol. The average Bonchev–Trinajstić information content (AvgIpc) is 2.85. The van der Waals surface area contributed by atoms with Gasteiger partial charge in [0.05, 0.1) is 6.61 Å². The Kier molecular flexibility index (Phi) is 5.71. The van der Waals surface area contributed by atoms with Crippen molar-refractivity contribution in [2.24, 2.45) is 0 Å². The van der Waals surface area contributed by atoms with Crippen LogP contribution >= 0.6 is 15.9 Å². The number of hydrogen-bond donors (Lipinski definition) is 1. The van der Waals surface area contributed by atoms with Gasteiger partial charge in [0.15, 0.2) is 0 Å².